The summed E-state index contributed by atoms with van der Waals surface area (Å²) < 4.78 is 13.3. The van der Waals surface area contributed by atoms with Crippen LogP contribution in [-0.4, -0.2) is 0 Å². The molecule has 0 aliphatic heterocycles. The third-order valence-electron chi connectivity index (χ3n) is 0.530. The molecule has 0 heterocycles. The van der Waals surface area contributed by atoms with Gasteiger partial charge in [-0.2, -0.15) is 6.42 Å². The van der Waals surface area contributed by atoms with Crippen molar-refractivity contribution < 1.29 is 54.1 Å². The van der Waals surface area contributed by atoms with Crippen LogP contribution in [0.4, 0.5) is 0 Å². The molecule has 0 aromatic rings. The van der Waals surface area contributed by atoms with Gasteiger partial charge >= 0.3 is 51.4 Å². The maximum Gasteiger partial charge on any atom is 1.00 e. The third-order valence-corrected chi connectivity index (χ3v) is 0.530. The van der Waals surface area contributed by atoms with Gasteiger partial charge in [-0.1, -0.05) is 19.8 Å². The molecule has 6 heavy (non-hydrogen) atoms. The van der Waals surface area contributed by atoms with Gasteiger partial charge in [0, 0.05) is 0 Å². The van der Waals surface area contributed by atoms with Gasteiger partial charge in [-0.05, 0) is 0 Å². The molecule has 0 amide bonds. The summed E-state index contributed by atoms with van der Waals surface area (Å²) in [6.07, 6.45) is 2.72. The van der Waals surface area contributed by atoms with Gasteiger partial charge in [0.25, 0.3) is 0 Å². The molecule has 0 saturated carbocycles. The Morgan fingerprint density at radius 1 is 1.83 bits per heavy atom. The minimum Gasteiger partial charge on any atom is -0.343 e. The van der Waals surface area contributed by atoms with E-state index in [-0.39, 0.29) is 58.3 Å². The minimum absolute atomic E-state index is 0. The van der Waals surface area contributed by atoms with Crippen molar-refractivity contribution in [2.75, 3.05) is 0 Å². The van der Waals surface area contributed by atoms with Gasteiger partial charge in [-0.3, -0.25) is 0 Å². The van der Waals surface area contributed by atoms with Crippen molar-refractivity contribution in [3.63, 3.8) is 0 Å². The maximum atomic E-state index is 6.66. The second kappa shape index (κ2) is 9.81. The quantitative estimate of drug-likeness (QED) is 0.325. The number of unbranched alkanes of at least 4 members (excludes halogenated alkanes) is 1. The van der Waals surface area contributed by atoms with Crippen molar-refractivity contribution in [2.24, 2.45) is 0 Å². The van der Waals surface area contributed by atoms with E-state index in [0.717, 1.165) is 12.8 Å². The Balaban J connectivity index is 0. The predicted octanol–water partition coefficient (Wildman–Crippen LogP) is -0.985. The van der Waals surface area contributed by atoms with Crippen molar-refractivity contribution in [3.8, 4) is 0 Å². The standard InChI is InChI=1S/C5H11.K/c1-3-5-4-2;/h1,3-5H2,2H3;/q-1;+1/i1D2;. The minimum atomic E-state index is 0. The largest absolute Gasteiger partial charge is 1.00 e. The molecule has 32 valence electrons. The van der Waals surface area contributed by atoms with Crippen molar-refractivity contribution in [3.05, 3.63) is 6.88 Å². The zero-order valence-corrected chi connectivity index (χ0v) is 7.74. The van der Waals surface area contributed by atoms with Crippen LogP contribution in [0.5, 0.6) is 0 Å². The van der Waals surface area contributed by atoms with E-state index in [1.807, 2.05) is 0 Å². The normalized spacial score (nSPS) is 12.3. The van der Waals surface area contributed by atoms with Gasteiger partial charge in [0.15, 0.2) is 0 Å². The second-order valence-corrected chi connectivity index (χ2v) is 1.10. The van der Waals surface area contributed by atoms with Gasteiger partial charge in [0.1, 0.15) is 0 Å². The van der Waals surface area contributed by atoms with Crippen LogP contribution in [0.15, 0.2) is 0 Å². The fourth-order valence-corrected chi connectivity index (χ4v) is 0.177. The van der Waals surface area contributed by atoms with Crippen molar-refractivity contribution in [1.29, 1.82) is 0 Å². The third kappa shape index (κ3) is 9.16. The summed E-state index contributed by atoms with van der Waals surface area (Å²) >= 11 is 0. The number of rotatable bonds is 3. The van der Waals surface area contributed by atoms with Crippen LogP contribution in [-0.2, 0) is 0 Å². The van der Waals surface area contributed by atoms with E-state index in [9.17, 15) is 0 Å². The molecule has 0 aliphatic rings. The average molecular weight is 112 g/mol. The van der Waals surface area contributed by atoms with Gasteiger partial charge in [0.2, 0.25) is 0 Å². The molecular formula is C5H11K. The topological polar surface area (TPSA) is 0 Å². The van der Waals surface area contributed by atoms with E-state index in [1.54, 1.807) is 0 Å². The Kier molecular flexibility index (Phi) is 9.43. The summed E-state index contributed by atoms with van der Waals surface area (Å²) in [5, 5.41) is 0. The molecular weight excluding hydrogens is 99.2 g/mol. The molecule has 0 saturated heterocycles. The van der Waals surface area contributed by atoms with Crippen LogP contribution in [0.1, 0.15) is 28.9 Å². The van der Waals surface area contributed by atoms with Crippen LogP contribution < -0.4 is 51.4 Å². The van der Waals surface area contributed by atoms with Gasteiger partial charge < -0.3 is 6.88 Å². The summed E-state index contributed by atoms with van der Waals surface area (Å²) in [4.78, 5) is 0. The molecule has 0 nitrogen and oxygen atoms in total. The zero-order chi connectivity index (χ0) is 5.70. The first-order chi connectivity index (χ1) is 3.27. The Morgan fingerprint density at radius 3 is 2.67 bits per heavy atom. The van der Waals surface area contributed by atoms with Crippen molar-refractivity contribution in [1.82, 2.24) is 0 Å². The van der Waals surface area contributed by atoms with E-state index >= 15 is 0 Å². The molecule has 1 heteroatoms. The fraction of sp³-hybridized carbons (Fsp3) is 0.800. The molecule has 0 spiro atoms. The Hall–Kier alpha value is 1.64. The summed E-state index contributed by atoms with van der Waals surface area (Å²) in [6, 6.07) is 0. The van der Waals surface area contributed by atoms with Gasteiger partial charge in [0.05, 0.1) is 0 Å². The molecule has 0 radical (unpaired) electrons. The molecule has 0 N–H and O–H groups in total. The first-order valence-electron chi connectivity index (χ1n) is 3.06. The fourth-order valence-electron chi connectivity index (χ4n) is 0.177. The average Bonchev–Trinajstić information content (AvgIpc) is 1.61. The van der Waals surface area contributed by atoms with E-state index < -0.39 is 0 Å². The Bertz CT molecular complexity index is 39.4. The van der Waals surface area contributed by atoms with Gasteiger partial charge in [-0.15, -0.1) is 0 Å². The Morgan fingerprint density at radius 2 is 2.50 bits per heavy atom. The van der Waals surface area contributed by atoms with E-state index in [0.29, 0.717) is 6.42 Å². The van der Waals surface area contributed by atoms with Crippen LogP contribution in [0, 0.1) is 6.88 Å². The molecule has 0 bridgehead atoms. The number of hydrogen-bond acceptors (Lipinski definition) is 0. The summed E-state index contributed by atoms with van der Waals surface area (Å²) in [6.45, 7) is 2.12. The van der Waals surface area contributed by atoms with Gasteiger partial charge in [-0.25, -0.2) is 2.74 Å². The zero-order valence-electron chi connectivity index (χ0n) is 6.62. The molecule has 0 aromatic carbocycles. The molecule has 0 unspecified atom stereocenters. The molecule has 0 fully saturated rings. The van der Waals surface area contributed by atoms with Crippen LogP contribution in [0.25, 0.3) is 0 Å². The molecule has 0 aliphatic carbocycles. The molecule has 0 atom stereocenters. The van der Waals surface area contributed by atoms with Crippen LogP contribution >= 0.6 is 0 Å². The van der Waals surface area contributed by atoms with Crippen LogP contribution in [0.2, 0.25) is 0 Å². The SMILES string of the molecule is [2H][C-]([2H])CCCC.[K+]. The van der Waals surface area contributed by atoms with Crippen LogP contribution in [0.3, 0.4) is 0 Å². The number of hydrogen-bond donors (Lipinski definition) is 0. The van der Waals surface area contributed by atoms with Crippen molar-refractivity contribution in [2.45, 2.75) is 26.2 Å². The van der Waals surface area contributed by atoms with Crippen molar-refractivity contribution >= 4 is 0 Å². The summed E-state index contributed by atoms with van der Waals surface area (Å²) in [5.41, 5.74) is 0. The predicted molar refractivity (Wildman–Crippen MR) is 24.9 cm³/mol. The van der Waals surface area contributed by atoms with E-state index in [2.05, 4.69) is 6.92 Å². The van der Waals surface area contributed by atoms with E-state index in [1.165, 1.54) is 0 Å². The molecule has 0 aromatic heterocycles. The Labute approximate surface area is 85.9 Å². The first-order valence-corrected chi connectivity index (χ1v) is 2.06. The monoisotopic (exact) mass is 112 g/mol. The maximum absolute atomic E-state index is 6.66. The second-order valence-electron chi connectivity index (χ2n) is 1.10. The molecule has 0 rings (SSSR count). The summed E-state index contributed by atoms with van der Waals surface area (Å²) in [7, 11) is 0. The van der Waals surface area contributed by atoms with E-state index in [4.69, 9.17) is 2.74 Å². The summed E-state index contributed by atoms with van der Waals surface area (Å²) in [5.74, 6) is 0. The first kappa shape index (κ1) is 5.77. The smallest absolute Gasteiger partial charge is 0.343 e.